The van der Waals surface area contributed by atoms with Gasteiger partial charge in [0.05, 0.1) is 37.2 Å². The monoisotopic (exact) mass is 566 g/mol. The van der Waals surface area contributed by atoms with Crippen molar-refractivity contribution in [2.45, 2.75) is 19.5 Å². The number of aliphatic imine (C=N–C) groups is 1. The quantitative estimate of drug-likeness (QED) is 0.248. The normalized spacial score (nSPS) is 15.7. The minimum absolute atomic E-state index is 0. The molecule has 0 bridgehead atoms. The number of nitrogens with one attached hydrogen (secondary N) is 2. The molecule has 1 aliphatic rings. The zero-order chi connectivity index (χ0) is 21.3. The third-order valence-corrected chi connectivity index (χ3v) is 6.20. The van der Waals surface area contributed by atoms with Crippen LogP contribution >= 0.6 is 35.3 Å². The van der Waals surface area contributed by atoms with Crippen molar-refractivity contribution < 1.29 is 4.74 Å². The van der Waals surface area contributed by atoms with E-state index in [9.17, 15) is 0 Å². The van der Waals surface area contributed by atoms with E-state index in [1.807, 2.05) is 47.3 Å². The van der Waals surface area contributed by atoms with Gasteiger partial charge in [0.2, 0.25) is 0 Å². The molecule has 0 spiro atoms. The van der Waals surface area contributed by atoms with E-state index >= 15 is 0 Å². The Kier molecular flexibility index (Phi) is 9.97. The van der Waals surface area contributed by atoms with Crippen LogP contribution in [0.5, 0.6) is 0 Å². The number of aromatic nitrogens is 2. The van der Waals surface area contributed by atoms with Crippen LogP contribution in [0.3, 0.4) is 0 Å². The summed E-state index contributed by atoms with van der Waals surface area (Å²) in [6.07, 6.45) is 1.98. The van der Waals surface area contributed by atoms with Gasteiger partial charge in [0.1, 0.15) is 0 Å². The van der Waals surface area contributed by atoms with Crippen molar-refractivity contribution >= 4 is 41.3 Å². The molecular weight excluding hydrogens is 535 g/mol. The summed E-state index contributed by atoms with van der Waals surface area (Å²) in [5.41, 5.74) is 1.98. The molecule has 4 rings (SSSR count). The highest BCUT2D eigenvalue weighted by Crippen LogP contribution is 2.25. The molecule has 7 nitrogen and oxygen atoms in total. The van der Waals surface area contributed by atoms with Gasteiger partial charge in [0.25, 0.3) is 0 Å². The summed E-state index contributed by atoms with van der Waals surface area (Å²) >= 11 is 1.81. The summed E-state index contributed by atoms with van der Waals surface area (Å²) in [4.78, 5) is 8.63. The molecule has 0 radical (unpaired) electrons. The summed E-state index contributed by atoms with van der Waals surface area (Å²) in [5.74, 6) is 0.812. The molecule has 3 aromatic rings. The molecule has 32 heavy (non-hydrogen) atoms. The molecule has 0 amide bonds. The van der Waals surface area contributed by atoms with Crippen LogP contribution in [0.2, 0.25) is 0 Å². The van der Waals surface area contributed by atoms with Crippen molar-refractivity contribution in [3.8, 4) is 5.69 Å². The average molecular weight is 567 g/mol. The molecular formula is C23H31IN6OS. The van der Waals surface area contributed by atoms with Crippen LogP contribution in [-0.4, -0.2) is 60.0 Å². The number of benzene rings is 1. The molecule has 0 saturated carbocycles. The number of morpholine rings is 1. The van der Waals surface area contributed by atoms with Gasteiger partial charge < -0.3 is 15.4 Å². The number of hydrogen-bond acceptors (Lipinski definition) is 5. The maximum Gasteiger partial charge on any atom is 0.191 e. The first-order chi connectivity index (χ1) is 15.3. The number of rotatable bonds is 8. The van der Waals surface area contributed by atoms with Crippen molar-refractivity contribution in [2.75, 3.05) is 39.4 Å². The van der Waals surface area contributed by atoms with E-state index in [4.69, 9.17) is 9.73 Å². The molecule has 1 aromatic carbocycles. The Morgan fingerprint density at radius 2 is 1.94 bits per heavy atom. The number of hydrogen-bond donors (Lipinski definition) is 2. The van der Waals surface area contributed by atoms with Crippen molar-refractivity contribution in [2.24, 2.45) is 4.99 Å². The molecule has 0 aliphatic carbocycles. The number of para-hydroxylation sites is 1. The lowest BCUT2D eigenvalue weighted by molar-refractivity contribution is 0.0177. The van der Waals surface area contributed by atoms with Gasteiger partial charge in [-0.15, -0.1) is 35.3 Å². The number of thiophene rings is 1. The maximum atomic E-state index is 5.55. The molecule has 9 heteroatoms. The van der Waals surface area contributed by atoms with E-state index < -0.39 is 0 Å². The predicted molar refractivity (Wildman–Crippen MR) is 141 cm³/mol. The van der Waals surface area contributed by atoms with Gasteiger partial charge in [0.15, 0.2) is 5.96 Å². The minimum atomic E-state index is 0. The zero-order valence-electron chi connectivity index (χ0n) is 18.3. The molecule has 2 N–H and O–H groups in total. The van der Waals surface area contributed by atoms with Crippen LogP contribution in [0.4, 0.5) is 0 Å². The summed E-state index contributed by atoms with van der Waals surface area (Å²) in [7, 11) is 0. The summed E-state index contributed by atoms with van der Waals surface area (Å²) in [6, 6.07) is 16.8. The Morgan fingerprint density at radius 1 is 1.12 bits per heavy atom. The lowest BCUT2D eigenvalue weighted by Gasteiger charge is -2.34. The SMILES string of the molecule is CCNC(=NCc1ccn(-c2ccccc2)n1)NCC(c1cccs1)N1CCOCC1.I. The summed E-state index contributed by atoms with van der Waals surface area (Å²) < 4.78 is 7.43. The van der Waals surface area contributed by atoms with Gasteiger partial charge in [0, 0.05) is 37.3 Å². The Bertz CT molecular complexity index is 941. The average Bonchev–Trinajstić information content (AvgIpc) is 3.52. The van der Waals surface area contributed by atoms with E-state index in [-0.39, 0.29) is 24.0 Å². The highest BCUT2D eigenvalue weighted by Gasteiger charge is 2.23. The lowest BCUT2D eigenvalue weighted by atomic mass is 10.2. The second kappa shape index (κ2) is 12.9. The molecule has 3 heterocycles. The van der Waals surface area contributed by atoms with Gasteiger partial charge in [-0.3, -0.25) is 4.90 Å². The lowest BCUT2D eigenvalue weighted by Crippen LogP contribution is -2.46. The molecule has 1 fully saturated rings. The topological polar surface area (TPSA) is 66.7 Å². The summed E-state index contributed by atoms with van der Waals surface area (Å²) in [6.45, 7) is 7.71. The van der Waals surface area contributed by atoms with Crippen molar-refractivity contribution in [1.82, 2.24) is 25.3 Å². The third kappa shape index (κ3) is 6.77. The van der Waals surface area contributed by atoms with Crippen LogP contribution in [-0.2, 0) is 11.3 Å². The standard InChI is InChI=1S/C23H30N6OS.HI/c1-2-24-23(25-17-19-10-11-29(27-19)20-7-4-3-5-8-20)26-18-21(22-9-6-16-31-22)28-12-14-30-15-13-28;/h3-11,16,21H,2,12-15,17-18H2,1H3,(H2,24,25,26);1H. The van der Waals surface area contributed by atoms with E-state index in [0.29, 0.717) is 12.6 Å². The zero-order valence-corrected chi connectivity index (χ0v) is 21.5. The van der Waals surface area contributed by atoms with Gasteiger partial charge in [-0.2, -0.15) is 5.10 Å². The Hall–Kier alpha value is -1.95. The van der Waals surface area contributed by atoms with Crippen molar-refractivity contribution in [3.63, 3.8) is 0 Å². The van der Waals surface area contributed by atoms with E-state index in [1.54, 1.807) is 11.3 Å². The maximum absolute atomic E-state index is 5.55. The Balaban J connectivity index is 0.00000289. The second-order valence-electron chi connectivity index (χ2n) is 7.34. The third-order valence-electron chi connectivity index (χ3n) is 5.23. The molecule has 1 unspecified atom stereocenters. The van der Waals surface area contributed by atoms with Gasteiger partial charge >= 0.3 is 0 Å². The number of halogens is 1. The number of nitrogens with zero attached hydrogens (tertiary/aromatic N) is 4. The highest BCUT2D eigenvalue weighted by atomic mass is 127. The van der Waals surface area contributed by atoms with Crippen LogP contribution in [0.1, 0.15) is 23.5 Å². The van der Waals surface area contributed by atoms with E-state index in [0.717, 1.165) is 56.7 Å². The van der Waals surface area contributed by atoms with Gasteiger partial charge in [-0.25, -0.2) is 9.67 Å². The van der Waals surface area contributed by atoms with Crippen LogP contribution in [0.15, 0.2) is 65.1 Å². The fraction of sp³-hybridized carbons (Fsp3) is 0.391. The van der Waals surface area contributed by atoms with Gasteiger partial charge in [-0.1, -0.05) is 24.3 Å². The van der Waals surface area contributed by atoms with Crippen LogP contribution in [0, 0.1) is 0 Å². The van der Waals surface area contributed by atoms with Gasteiger partial charge in [-0.05, 0) is 36.6 Å². The molecule has 1 aliphatic heterocycles. The predicted octanol–water partition coefficient (Wildman–Crippen LogP) is 3.68. The minimum Gasteiger partial charge on any atom is -0.379 e. The van der Waals surface area contributed by atoms with E-state index in [1.165, 1.54) is 4.88 Å². The largest absolute Gasteiger partial charge is 0.379 e. The Labute approximate surface area is 210 Å². The first-order valence-electron chi connectivity index (χ1n) is 10.8. The van der Waals surface area contributed by atoms with E-state index in [2.05, 4.69) is 45.1 Å². The highest BCUT2D eigenvalue weighted by molar-refractivity contribution is 14.0. The summed E-state index contributed by atoms with van der Waals surface area (Å²) in [5, 5.41) is 13.7. The van der Waals surface area contributed by atoms with Crippen LogP contribution < -0.4 is 10.6 Å². The second-order valence-corrected chi connectivity index (χ2v) is 8.32. The fourth-order valence-electron chi connectivity index (χ4n) is 3.65. The van der Waals surface area contributed by atoms with Crippen molar-refractivity contribution in [3.05, 3.63) is 70.7 Å². The molecule has 172 valence electrons. The fourth-order valence-corrected chi connectivity index (χ4v) is 4.51. The molecule has 2 aromatic heterocycles. The Morgan fingerprint density at radius 3 is 2.66 bits per heavy atom. The smallest absolute Gasteiger partial charge is 0.191 e. The van der Waals surface area contributed by atoms with Crippen LogP contribution in [0.25, 0.3) is 5.69 Å². The molecule has 1 saturated heterocycles. The van der Waals surface area contributed by atoms with Crippen molar-refractivity contribution in [1.29, 1.82) is 0 Å². The molecule has 1 atom stereocenters. The first kappa shape index (κ1) is 24.7. The number of guanidine groups is 1. The number of ether oxygens (including phenoxy) is 1. The first-order valence-corrected chi connectivity index (χ1v) is 11.7.